The van der Waals surface area contributed by atoms with Crippen molar-refractivity contribution in [2.24, 2.45) is 0 Å². The number of halogens is 4. The van der Waals surface area contributed by atoms with Gasteiger partial charge in [0, 0.05) is 38.1 Å². The molecule has 0 bridgehead atoms. The van der Waals surface area contributed by atoms with Gasteiger partial charge in [-0.05, 0) is 30.3 Å². The first kappa shape index (κ1) is 19.3. The van der Waals surface area contributed by atoms with Crippen molar-refractivity contribution in [1.29, 1.82) is 0 Å². The number of nitrogens with one attached hydrogen (secondary N) is 1. The van der Waals surface area contributed by atoms with Gasteiger partial charge >= 0.3 is 6.18 Å². The largest absolute Gasteiger partial charge is 0.416 e. The first-order valence-electron chi connectivity index (χ1n) is 8.38. The topological polar surface area (TPSA) is 48.5 Å². The quantitative estimate of drug-likeness (QED) is 0.856. The first-order valence-corrected chi connectivity index (χ1v) is 8.76. The highest BCUT2D eigenvalue weighted by atomic mass is 35.5. The van der Waals surface area contributed by atoms with Crippen molar-refractivity contribution in [2.45, 2.75) is 6.18 Å². The van der Waals surface area contributed by atoms with Gasteiger partial charge in [0.15, 0.2) is 0 Å². The van der Waals surface area contributed by atoms with E-state index >= 15 is 0 Å². The molecule has 1 aliphatic heterocycles. The van der Waals surface area contributed by atoms with Gasteiger partial charge < -0.3 is 15.1 Å². The van der Waals surface area contributed by atoms with Crippen LogP contribution in [-0.4, -0.2) is 48.5 Å². The minimum atomic E-state index is -4.41. The van der Waals surface area contributed by atoms with Crippen LogP contribution in [0.2, 0.25) is 5.02 Å². The van der Waals surface area contributed by atoms with Crippen LogP contribution in [-0.2, 0) is 11.0 Å². The maximum Gasteiger partial charge on any atom is 0.416 e. The summed E-state index contributed by atoms with van der Waals surface area (Å²) in [7, 11) is 0. The molecular formula is C18H18ClF3N4O. The molecule has 0 saturated carbocycles. The number of hydrogen-bond donors (Lipinski definition) is 1. The molecule has 0 radical (unpaired) electrons. The summed E-state index contributed by atoms with van der Waals surface area (Å²) in [6.07, 6.45) is -2.83. The van der Waals surface area contributed by atoms with Crippen molar-refractivity contribution in [2.75, 3.05) is 42.9 Å². The van der Waals surface area contributed by atoms with Gasteiger partial charge in [0.2, 0.25) is 5.91 Å². The molecule has 0 atom stereocenters. The standard InChI is InChI=1S/C18H18ClF3N4O/c19-14-4-5-16(24-11-14)25-6-8-26(9-7-25)17(27)12-23-15-3-1-2-13(10-15)18(20,21)22/h1-5,10-11,23H,6-9,12H2. The zero-order chi connectivity index (χ0) is 19.4. The van der Waals surface area contributed by atoms with Gasteiger partial charge in [0.1, 0.15) is 5.82 Å². The van der Waals surface area contributed by atoms with E-state index in [9.17, 15) is 18.0 Å². The van der Waals surface area contributed by atoms with Crippen molar-refractivity contribution >= 4 is 29.0 Å². The third-order valence-corrected chi connectivity index (χ3v) is 4.53. The minimum Gasteiger partial charge on any atom is -0.376 e. The number of anilines is 2. The molecule has 1 aromatic carbocycles. The fraction of sp³-hybridized carbons (Fsp3) is 0.333. The highest BCUT2D eigenvalue weighted by molar-refractivity contribution is 6.30. The molecule has 3 rings (SSSR count). The molecule has 1 fully saturated rings. The molecule has 0 spiro atoms. The molecule has 2 aromatic rings. The van der Waals surface area contributed by atoms with Crippen molar-refractivity contribution in [3.05, 3.63) is 53.2 Å². The van der Waals surface area contributed by atoms with Crippen molar-refractivity contribution in [3.8, 4) is 0 Å². The Morgan fingerprint density at radius 2 is 1.89 bits per heavy atom. The van der Waals surface area contributed by atoms with Crippen LogP contribution in [0, 0.1) is 0 Å². The first-order chi connectivity index (χ1) is 12.8. The number of carbonyl (C=O) groups excluding carboxylic acids is 1. The summed E-state index contributed by atoms with van der Waals surface area (Å²) in [6, 6.07) is 8.41. The number of nitrogens with zero attached hydrogens (tertiary/aromatic N) is 3. The van der Waals surface area contributed by atoms with E-state index in [-0.39, 0.29) is 18.1 Å². The zero-order valence-corrected chi connectivity index (χ0v) is 15.1. The summed E-state index contributed by atoms with van der Waals surface area (Å²) in [5, 5.41) is 3.33. The van der Waals surface area contributed by atoms with Gasteiger partial charge in [-0.15, -0.1) is 0 Å². The molecular weight excluding hydrogens is 381 g/mol. The lowest BCUT2D eigenvalue weighted by atomic mass is 10.2. The fourth-order valence-corrected chi connectivity index (χ4v) is 2.95. The van der Waals surface area contributed by atoms with E-state index < -0.39 is 11.7 Å². The van der Waals surface area contributed by atoms with Crippen LogP contribution < -0.4 is 10.2 Å². The van der Waals surface area contributed by atoms with Crippen LogP contribution >= 0.6 is 11.6 Å². The van der Waals surface area contributed by atoms with E-state index in [1.165, 1.54) is 12.1 Å². The normalized spacial score (nSPS) is 15.0. The summed E-state index contributed by atoms with van der Waals surface area (Å²) in [5.41, 5.74) is -0.480. The molecule has 1 amide bonds. The van der Waals surface area contributed by atoms with Crippen molar-refractivity contribution < 1.29 is 18.0 Å². The molecule has 1 N–H and O–H groups in total. The number of hydrogen-bond acceptors (Lipinski definition) is 4. The lowest BCUT2D eigenvalue weighted by Crippen LogP contribution is -2.50. The van der Waals surface area contributed by atoms with E-state index in [2.05, 4.69) is 15.2 Å². The lowest BCUT2D eigenvalue weighted by molar-refractivity contribution is -0.137. The van der Waals surface area contributed by atoms with Crippen molar-refractivity contribution in [3.63, 3.8) is 0 Å². The minimum absolute atomic E-state index is 0.0551. The number of rotatable bonds is 4. The van der Waals surface area contributed by atoms with E-state index in [0.717, 1.165) is 18.0 Å². The Kier molecular flexibility index (Phi) is 5.74. The third-order valence-electron chi connectivity index (χ3n) is 4.30. The SMILES string of the molecule is O=C(CNc1cccc(C(F)(F)F)c1)N1CCN(c2ccc(Cl)cn2)CC1. The second kappa shape index (κ2) is 8.04. The predicted octanol–water partition coefficient (Wildman–Crippen LogP) is 3.51. The van der Waals surface area contributed by atoms with Gasteiger partial charge in [-0.25, -0.2) is 4.98 Å². The Hall–Kier alpha value is -2.48. The number of benzene rings is 1. The van der Waals surface area contributed by atoms with Crippen LogP contribution in [0.15, 0.2) is 42.6 Å². The maximum atomic E-state index is 12.7. The van der Waals surface area contributed by atoms with Crippen LogP contribution in [0.3, 0.4) is 0 Å². The number of alkyl halides is 3. The highest BCUT2D eigenvalue weighted by Crippen LogP contribution is 2.30. The monoisotopic (exact) mass is 398 g/mol. The van der Waals surface area contributed by atoms with Gasteiger partial charge in [-0.2, -0.15) is 13.2 Å². The molecule has 0 aliphatic carbocycles. The summed E-state index contributed by atoms with van der Waals surface area (Å²) >= 11 is 5.83. The number of pyridine rings is 1. The van der Waals surface area contributed by atoms with Gasteiger partial charge in [0.05, 0.1) is 17.1 Å². The zero-order valence-electron chi connectivity index (χ0n) is 14.3. The maximum absolute atomic E-state index is 12.7. The van der Waals surface area contributed by atoms with Crippen LogP contribution in [0.1, 0.15) is 5.56 Å². The Labute approximate surface area is 159 Å². The van der Waals surface area contributed by atoms with Gasteiger partial charge in [0.25, 0.3) is 0 Å². The molecule has 9 heteroatoms. The molecule has 0 unspecified atom stereocenters. The summed E-state index contributed by atoms with van der Waals surface area (Å²) in [5.74, 6) is 0.643. The number of amides is 1. The average molecular weight is 399 g/mol. The lowest BCUT2D eigenvalue weighted by Gasteiger charge is -2.35. The van der Waals surface area contributed by atoms with Crippen LogP contribution in [0.25, 0.3) is 0 Å². The molecule has 1 saturated heterocycles. The Balaban J connectivity index is 1.51. The van der Waals surface area contributed by atoms with Crippen LogP contribution in [0.5, 0.6) is 0 Å². The van der Waals surface area contributed by atoms with Crippen molar-refractivity contribution in [1.82, 2.24) is 9.88 Å². The summed E-state index contributed by atoms with van der Waals surface area (Å²) in [6.45, 7) is 2.25. The van der Waals surface area contributed by atoms with E-state index in [1.807, 2.05) is 6.07 Å². The Morgan fingerprint density at radius 3 is 2.52 bits per heavy atom. The molecule has 5 nitrogen and oxygen atoms in total. The molecule has 1 aliphatic rings. The predicted molar refractivity (Wildman–Crippen MR) is 98.0 cm³/mol. The highest BCUT2D eigenvalue weighted by Gasteiger charge is 2.30. The van der Waals surface area contributed by atoms with Gasteiger partial charge in [-0.1, -0.05) is 17.7 Å². The molecule has 1 aromatic heterocycles. The second-order valence-electron chi connectivity index (χ2n) is 6.13. The fourth-order valence-electron chi connectivity index (χ4n) is 2.83. The molecule has 2 heterocycles. The second-order valence-corrected chi connectivity index (χ2v) is 6.57. The van der Waals surface area contributed by atoms with E-state index in [0.29, 0.717) is 31.2 Å². The summed E-state index contributed by atoms with van der Waals surface area (Å²) in [4.78, 5) is 20.3. The smallest absolute Gasteiger partial charge is 0.376 e. The van der Waals surface area contributed by atoms with E-state index in [1.54, 1.807) is 17.2 Å². The van der Waals surface area contributed by atoms with E-state index in [4.69, 9.17) is 11.6 Å². The number of aromatic nitrogens is 1. The third kappa shape index (κ3) is 5.03. The summed E-state index contributed by atoms with van der Waals surface area (Å²) < 4.78 is 38.2. The average Bonchev–Trinajstić information content (AvgIpc) is 2.66. The van der Waals surface area contributed by atoms with Crippen LogP contribution in [0.4, 0.5) is 24.7 Å². The molecule has 144 valence electrons. The number of carbonyl (C=O) groups is 1. The Morgan fingerprint density at radius 1 is 1.15 bits per heavy atom. The number of piperazine rings is 1. The molecule has 27 heavy (non-hydrogen) atoms. The van der Waals surface area contributed by atoms with Gasteiger partial charge in [-0.3, -0.25) is 4.79 Å². The Bertz CT molecular complexity index is 790.